The molecule has 4 aromatic rings. The highest BCUT2D eigenvalue weighted by atomic mass is 19.1. The lowest BCUT2D eigenvalue weighted by Crippen LogP contribution is -2.01. The van der Waals surface area contributed by atoms with Gasteiger partial charge in [-0.25, -0.2) is 9.37 Å². The van der Waals surface area contributed by atoms with E-state index in [1.807, 2.05) is 36.4 Å². The smallest absolute Gasteiger partial charge is 0.230 e. The number of benzene rings is 3. The lowest BCUT2D eigenvalue weighted by Gasteiger charge is -2.00. The summed E-state index contributed by atoms with van der Waals surface area (Å²) in [6, 6.07) is 24.1. The quantitative estimate of drug-likeness (QED) is 0.467. The van der Waals surface area contributed by atoms with Gasteiger partial charge in [0.25, 0.3) is 0 Å². The minimum Gasteiger partial charge on any atom is -0.432 e. The van der Waals surface area contributed by atoms with Crippen LogP contribution in [-0.2, 0) is 0 Å². The molecule has 0 aliphatic heterocycles. The summed E-state index contributed by atoms with van der Waals surface area (Å²) in [6.07, 6.45) is 0. The van der Waals surface area contributed by atoms with Gasteiger partial charge in [0.1, 0.15) is 11.5 Å². The molecule has 4 rings (SSSR count). The molecule has 3 aromatic carbocycles. The topological polar surface area (TPSA) is 43.1 Å². The van der Waals surface area contributed by atoms with Crippen LogP contribution in [0.1, 0.15) is 16.1 Å². The highest BCUT2D eigenvalue weighted by Crippen LogP contribution is 2.30. The van der Waals surface area contributed by atoms with Crippen molar-refractivity contribution in [1.29, 1.82) is 0 Å². The molecule has 0 aliphatic rings. The van der Waals surface area contributed by atoms with Crippen LogP contribution in [0, 0.1) is 5.82 Å². The molecule has 0 aliphatic carbocycles. The summed E-state index contributed by atoms with van der Waals surface area (Å²) < 4.78 is 19.0. The maximum atomic E-state index is 13.2. The molecule has 26 heavy (non-hydrogen) atoms. The Labute approximate surface area is 149 Å². The number of halogens is 1. The Bertz CT molecular complexity index is 1040. The van der Waals surface area contributed by atoms with E-state index in [1.165, 1.54) is 12.1 Å². The Morgan fingerprint density at radius 3 is 2.04 bits per heavy atom. The summed E-state index contributed by atoms with van der Waals surface area (Å²) in [7, 11) is 0. The summed E-state index contributed by atoms with van der Waals surface area (Å²) in [5.41, 5.74) is 2.38. The predicted octanol–water partition coefficient (Wildman–Crippen LogP) is 5.38. The first-order chi connectivity index (χ1) is 12.7. The standard InChI is InChI=1S/C22H14FNO2/c23-18-13-11-17(12-14-18)22-24-19(15-7-3-1-4-8-15)21(26-22)20(25)16-9-5-2-6-10-16/h1-14H. The molecule has 0 N–H and O–H groups in total. The van der Waals surface area contributed by atoms with Crippen LogP contribution in [0.4, 0.5) is 4.39 Å². The van der Waals surface area contributed by atoms with Crippen LogP contribution in [0.2, 0.25) is 0 Å². The van der Waals surface area contributed by atoms with Gasteiger partial charge in [-0.05, 0) is 24.3 Å². The van der Waals surface area contributed by atoms with Crippen LogP contribution in [0.25, 0.3) is 22.7 Å². The Balaban J connectivity index is 1.86. The fourth-order valence-corrected chi connectivity index (χ4v) is 2.70. The molecule has 0 saturated carbocycles. The number of aromatic nitrogens is 1. The minimum atomic E-state index is -0.343. The number of ketones is 1. The van der Waals surface area contributed by atoms with Crippen molar-refractivity contribution in [1.82, 2.24) is 4.98 Å². The normalized spacial score (nSPS) is 10.7. The summed E-state index contributed by atoms with van der Waals surface area (Å²) in [6.45, 7) is 0. The molecule has 0 amide bonds. The summed E-state index contributed by atoms with van der Waals surface area (Å²) >= 11 is 0. The molecule has 0 unspecified atom stereocenters. The molecule has 0 atom stereocenters. The van der Waals surface area contributed by atoms with Gasteiger partial charge >= 0.3 is 0 Å². The van der Waals surface area contributed by atoms with Gasteiger partial charge in [0.15, 0.2) is 0 Å². The highest BCUT2D eigenvalue weighted by molar-refractivity contribution is 6.10. The van der Waals surface area contributed by atoms with Gasteiger partial charge in [-0.2, -0.15) is 0 Å². The van der Waals surface area contributed by atoms with Gasteiger partial charge in [0.2, 0.25) is 17.4 Å². The molecule has 0 saturated heterocycles. The van der Waals surface area contributed by atoms with Crippen molar-refractivity contribution in [2.75, 3.05) is 0 Å². The molecular weight excluding hydrogens is 329 g/mol. The number of hydrogen-bond donors (Lipinski definition) is 0. The maximum absolute atomic E-state index is 13.2. The number of carbonyl (C=O) groups excluding carboxylic acids is 1. The minimum absolute atomic E-state index is 0.168. The predicted molar refractivity (Wildman–Crippen MR) is 97.2 cm³/mol. The van der Waals surface area contributed by atoms with Crippen LogP contribution >= 0.6 is 0 Å². The maximum Gasteiger partial charge on any atom is 0.230 e. The fourth-order valence-electron chi connectivity index (χ4n) is 2.70. The molecule has 0 fully saturated rings. The van der Waals surface area contributed by atoms with Gasteiger partial charge in [-0.1, -0.05) is 60.7 Å². The Morgan fingerprint density at radius 1 is 0.769 bits per heavy atom. The molecule has 3 nitrogen and oxygen atoms in total. The fraction of sp³-hybridized carbons (Fsp3) is 0. The van der Waals surface area contributed by atoms with Crippen LogP contribution < -0.4 is 0 Å². The third kappa shape index (κ3) is 3.05. The lowest BCUT2D eigenvalue weighted by atomic mass is 10.0. The van der Waals surface area contributed by atoms with E-state index in [0.29, 0.717) is 16.8 Å². The van der Waals surface area contributed by atoms with E-state index in [4.69, 9.17) is 4.42 Å². The van der Waals surface area contributed by atoms with Gasteiger partial charge < -0.3 is 4.42 Å². The van der Waals surface area contributed by atoms with Crippen molar-refractivity contribution in [3.63, 3.8) is 0 Å². The molecule has 0 spiro atoms. The van der Waals surface area contributed by atoms with E-state index in [1.54, 1.807) is 36.4 Å². The van der Waals surface area contributed by atoms with E-state index >= 15 is 0 Å². The second-order valence-corrected chi connectivity index (χ2v) is 5.76. The number of rotatable bonds is 4. The summed E-state index contributed by atoms with van der Waals surface area (Å²) in [5, 5.41) is 0. The highest BCUT2D eigenvalue weighted by Gasteiger charge is 2.23. The van der Waals surface area contributed by atoms with Crippen molar-refractivity contribution >= 4 is 5.78 Å². The molecule has 126 valence electrons. The number of nitrogens with zero attached hydrogens (tertiary/aromatic N) is 1. The van der Waals surface area contributed by atoms with Crippen LogP contribution in [-0.4, -0.2) is 10.8 Å². The molecule has 1 heterocycles. The Hall–Kier alpha value is -3.53. The average molecular weight is 343 g/mol. The number of oxazole rings is 1. The van der Waals surface area contributed by atoms with Crippen LogP contribution in [0.5, 0.6) is 0 Å². The van der Waals surface area contributed by atoms with Gasteiger partial charge in [-0.15, -0.1) is 0 Å². The first-order valence-electron chi connectivity index (χ1n) is 8.14. The van der Waals surface area contributed by atoms with Gasteiger partial charge in [0.05, 0.1) is 0 Å². The molecule has 1 aromatic heterocycles. The van der Waals surface area contributed by atoms with Crippen molar-refractivity contribution in [2.45, 2.75) is 0 Å². The molecule has 0 bridgehead atoms. The Kier molecular flexibility index (Phi) is 4.15. The summed E-state index contributed by atoms with van der Waals surface area (Å²) in [5.74, 6) is -0.139. The molecular formula is C22H14FNO2. The largest absolute Gasteiger partial charge is 0.432 e. The van der Waals surface area contributed by atoms with Gasteiger partial charge in [0, 0.05) is 16.7 Å². The van der Waals surface area contributed by atoms with E-state index < -0.39 is 0 Å². The molecule has 4 heteroatoms. The number of hydrogen-bond acceptors (Lipinski definition) is 3. The number of carbonyl (C=O) groups is 1. The van der Waals surface area contributed by atoms with Crippen molar-refractivity contribution in [3.05, 3.63) is 102 Å². The summed E-state index contributed by atoms with van der Waals surface area (Å²) in [4.78, 5) is 17.5. The van der Waals surface area contributed by atoms with E-state index in [9.17, 15) is 9.18 Å². The average Bonchev–Trinajstić information content (AvgIpc) is 3.15. The van der Waals surface area contributed by atoms with E-state index in [0.717, 1.165) is 5.56 Å². The second-order valence-electron chi connectivity index (χ2n) is 5.76. The zero-order valence-corrected chi connectivity index (χ0v) is 13.7. The third-order valence-electron chi connectivity index (χ3n) is 4.01. The van der Waals surface area contributed by atoms with Gasteiger partial charge in [-0.3, -0.25) is 4.79 Å². The van der Waals surface area contributed by atoms with Crippen molar-refractivity contribution in [2.24, 2.45) is 0 Å². The van der Waals surface area contributed by atoms with E-state index in [-0.39, 0.29) is 23.3 Å². The first-order valence-corrected chi connectivity index (χ1v) is 8.14. The second kappa shape index (κ2) is 6.76. The Morgan fingerprint density at radius 2 is 1.38 bits per heavy atom. The van der Waals surface area contributed by atoms with Crippen LogP contribution in [0.3, 0.4) is 0 Å². The third-order valence-corrected chi connectivity index (χ3v) is 4.01. The van der Waals surface area contributed by atoms with Crippen molar-refractivity contribution < 1.29 is 13.6 Å². The van der Waals surface area contributed by atoms with Crippen molar-refractivity contribution in [3.8, 4) is 22.7 Å². The van der Waals surface area contributed by atoms with E-state index in [2.05, 4.69) is 4.98 Å². The zero-order valence-electron chi connectivity index (χ0n) is 13.7. The first kappa shape index (κ1) is 16.0. The zero-order chi connectivity index (χ0) is 17.9. The lowest BCUT2D eigenvalue weighted by molar-refractivity contribution is 0.101. The SMILES string of the molecule is O=C(c1ccccc1)c1oc(-c2ccc(F)cc2)nc1-c1ccccc1. The van der Waals surface area contributed by atoms with Crippen LogP contribution in [0.15, 0.2) is 89.3 Å². The molecule has 0 radical (unpaired) electrons. The monoisotopic (exact) mass is 343 g/mol.